The lowest BCUT2D eigenvalue weighted by molar-refractivity contribution is 0.668. The van der Waals surface area contributed by atoms with Crippen LogP contribution in [0.25, 0.3) is 100 Å². The van der Waals surface area contributed by atoms with E-state index in [4.69, 9.17) is 18.8 Å². The van der Waals surface area contributed by atoms with Crippen LogP contribution in [0, 0.1) is 0 Å². The van der Waals surface area contributed by atoms with Gasteiger partial charge in [-0.15, -0.1) is 0 Å². The van der Waals surface area contributed by atoms with Crippen LogP contribution in [0.2, 0.25) is 0 Å². The summed E-state index contributed by atoms with van der Waals surface area (Å²) in [6, 6.07) is 51.8. The van der Waals surface area contributed by atoms with Crippen LogP contribution in [0.4, 0.5) is 0 Å². The van der Waals surface area contributed by atoms with Gasteiger partial charge in [0.2, 0.25) is 0 Å². The second-order valence-corrected chi connectivity index (χ2v) is 12.4. The SMILES string of the molecule is c1ccc(-c2cc(-c3ccc(-c4ccc5oc6ccccc6c5c4)c4oc5ccccc5c34)nc(-c3cccc(-c4ccncc4)c3)n2)cc1. The molecule has 0 radical (unpaired) electrons. The number of hydrogen-bond donors (Lipinski definition) is 0. The fourth-order valence-electron chi connectivity index (χ4n) is 7.02. The molecule has 0 atom stereocenters. The number of furan rings is 2. The standard InChI is InChI=1S/C45H27N3O2/c1-2-9-29(10-3-1)38-27-39(48-45(47-38)32-12-8-11-30(25-32)28-21-23-46-24-22-28)35-19-18-33(44-43(35)36-14-5-7-16-41(36)50-44)31-17-20-42-37(26-31)34-13-4-6-15-40(34)49-42/h1-27H. The highest BCUT2D eigenvalue weighted by atomic mass is 16.3. The molecule has 50 heavy (non-hydrogen) atoms. The first-order valence-corrected chi connectivity index (χ1v) is 16.6. The minimum atomic E-state index is 0.652. The Balaban J connectivity index is 1.20. The van der Waals surface area contributed by atoms with Gasteiger partial charge in [0.1, 0.15) is 22.3 Å². The van der Waals surface area contributed by atoms with Gasteiger partial charge in [0.05, 0.1) is 11.4 Å². The molecular weight excluding hydrogens is 615 g/mol. The number of fused-ring (bicyclic) bond motifs is 6. The predicted octanol–water partition coefficient (Wildman–Crippen LogP) is 12.0. The molecule has 4 aromatic heterocycles. The Hall–Kier alpha value is -6.85. The molecule has 0 aliphatic rings. The zero-order valence-electron chi connectivity index (χ0n) is 26.7. The minimum Gasteiger partial charge on any atom is -0.456 e. The highest BCUT2D eigenvalue weighted by Crippen LogP contribution is 2.43. The minimum absolute atomic E-state index is 0.652. The first-order chi connectivity index (χ1) is 24.8. The Morgan fingerprint density at radius 2 is 1.06 bits per heavy atom. The maximum absolute atomic E-state index is 6.70. The van der Waals surface area contributed by atoms with Crippen molar-refractivity contribution in [2.24, 2.45) is 0 Å². The Morgan fingerprint density at radius 1 is 0.380 bits per heavy atom. The molecule has 0 N–H and O–H groups in total. The van der Waals surface area contributed by atoms with Crippen LogP contribution in [0.1, 0.15) is 0 Å². The molecule has 6 aromatic carbocycles. The van der Waals surface area contributed by atoms with E-state index in [1.807, 2.05) is 73.1 Å². The number of rotatable bonds is 5. The van der Waals surface area contributed by atoms with E-state index in [-0.39, 0.29) is 0 Å². The second-order valence-electron chi connectivity index (χ2n) is 12.4. The van der Waals surface area contributed by atoms with Crippen molar-refractivity contribution < 1.29 is 8.83 Å². The molecule has 10 rings (SSSR count). The molecule has 0 aliphatic heterocycles. The summed E-state index contributed by atoms with van der Waals surface area (Å²) < 4.78 is 12.8. The number of nitrogens with zero attached hydrogens (tertiary/aromatic N) is 3. The van der Waals surface area contributed by atoms with Gasteiger partial charge in [0, 0.05) is 56.2 Å². The van der Waals surface area contributed by atoms with Crippen LogP contribution in [-0.4, -0.2) is 15.0 Å². The molecule has 10 aromatic rings. The molecular formula is C45H27N3O2. The number of benzene rings is 6. The van der Waals surface area contributed by atoms with Crippen molar-refractivity contribution in [3.63, 3.8) is 0 Å². The van der Waals surface area contributed by atoms with Gasteiger partial charge in [0.25, 0.3) is 0 Å². The monoisotopic (exact) mass is 641 g/mol. The lowest BCUT2D eigenvalue weighted by atomic mass is 9.95. The highest BCUT2D eigenvalue weighted by Gasteiger charge is 2.20. The summed E-state index contributed by atoms with van der Waals surface area (Å²) in [5.74, 6) is 0.652. The maximum atomic E-state index is 6.70. The van der Waals surface area contributed by atoms with Crippen molar-refractivity contribution in [2.45, 2.75) is 0 Å². The first-order valence-electron chi connectivity index (χ1n) is 16.6. The van der Waals surface area contributed by atoms with Crippen molar-refractivity contribution in [1.29, 1.82) is 0 Å². The summed E-state index contributed by atoms with van der Waals surface area (Å²) in [5, 5.41) is 4.23. The van der Waals surface area contributed by atoms with Crippen LogP contribution in [0.15, 0.2) is 173 Å². The van der Waals surface area contributed by atoms with Gasteiger partial charge in [-0.1, -0.05) is 97.1 Å². The number of aromatic nitrogens is 3. The summed E-state index contributed by atoms with van der Waals surface area (Å²) in [4.78, 5) is 14.6. The van der Waals surface area contributed by atoms with Crippen molar-refractivity contribution in [1.82, 2.24) is 15.0 Å². The van der Waals surface area contributed by atoms with E-state index >= 15 is 0 Å². The van der Waals surface area contributed by atoms with E-state index in [1.54, 1.807) is 0 Å². The Labute approximate surface area is 287 Å². The van der Waals surface area contributed by atoms with Crippen molar-refractivity contribution >= 4 is 43.9 Å². The Bertz CT molecular complexity index is 2870. The molecule has 0 saturated heterocycles. The van der Waals surface area contributed by atoms with E-state index in [0.29, 0.717) is 5.82 Å². The number of para-hydroxylation sites is 2. The lowest BCUT2D eigenvalue weighted by Crippen LogP contribution is -1.97. The lowest BCUT2D eigenvalue weighted by Gasteiger charge is -2.12. The van der Waals surface area contributed by atoms with Crippen molar-refractivity contribution in [3.8, 4) is 56.2 Å². The molecule has 0 bridgehead atoms. The maximum Gasteiger partial charge on any atom is 0.160 e. The van der Waals surface area contributed by atoms with Gasteiger partial charge in [0.15, 0.2) is 5.82 Å². The second kappa shape index (κ2) is 11.4. The van der Waals surface area contributed by atoms with Crippen LogP contribution in [0.5, 0.6) is 0 Å². The third-order valence-corrected chi connectivity index (χ3v) is 9.42. The van der Waals surface area contributed by atoms with Gasteiger partial charge in [-0.05, 0) is 71.3 Å². The summed E-state index contributed by atoms with van der Waals surface area (Å²) in [7, 11) is 0. The third kappa shape index (κ3) is 4.67. The molecule has 0 amide bonds. The van der Waals surface area contributed by atoms with Gasteiger partial charge < -0.3 is 8.83 Å². The fraction of sp³-hybridized carbons (Fsp3) is 0. The smallest absolute Gasteiger partial charge is 0.160 e. The Kier molecular flexibility index (Phi) is 6.42. The average molecular weight is 642 g/mol. The molecule has 234 valence electrons. The molecule has 4 heterocycles. The normalized spacial score (nSPS) is 11.6. The highest BCUT2D eigenvalue weighted by molar-refractivity contribution is 6.17. The molecule has 0 fully saturated rings. The molecule has 0 aliphatic carbocycles. The van der Waals surface area contributed by atoms with Gasteiger partial charge in [-0.2, -0.15) is 0 Å². The zero-order chi connectivity index (χ0) is 33.0. The van der Waals surface area contributed by atoms with E-state index < -0.39 is 0 Å². The van der Waals surface area contributed by atoms with Crippen LogP contribution in [-0.2, 0) is 0 Å². The zero-order valence-corrected chi connectivity index (χ0v) is 26.7. The van der Waals surface area contributed by atoms with Gasteiger partial charge in [-0.3, -0.25) is 4.98 Å². The summed E-state index contributed by atoms with van der Waals surface area (Å²) in [6.45, 7) is 0. The number of hydrogen-bond acceptors (Lipinski definition) is 5. The van der Waals surface area contributed by atoms with E-state index in [9.17, 15) is 0 Å². The van der Waals surface area contributed by atoms with E-state index in [2.05, 4.69) is 96.0 Å². The third-order valence-electron chi connectivity index (χ3n) is 9.42. The van der Waals surface area contributed by atoms with Crippen molar-refractivity contribution in [3.05, 3.63) is 164 Å². The van der Waals surface area contributed by atoms with Crippen LogP contribution in [0.3, 0.4) is 0 Å². The first kappa shape index (κ1) is 28.2. The van der Waals surface area contributed by atoms with E-state index in [0.717, 1.165) is 94.2 Å². The summed E-state index contributed by atoms with van der Waals surface area (Å²) in [6.07, 6.45) is 3.62. The van der Waals surface area contributed by atoms with E-state index in [1.165, 1.54) is 0 Å². The molecule has 0 spiro atoms. The van der Waals surface area contributed by atoms with Crippen LogP contribution < -0.4 is 0 Å². The quantitative estimate of drug-likeness (QED) is 0.187. The topological polar surface area (TPSA) is 65.0 Å². The molecule has 0 saturated carbocycles. The fourth-order valence-corrected chi connectivity index (χ4v) is 7.02. The molecule has 5 heteroatoms. The summed E-state index contributed by atoms with van der Waals surface area (Å²) >= 11 is 0. The average Bonchev–Trinajstić information content (AvgIpc) is 3.77. The van der Waals surface area contributed by atoms with Gasteiger partial charge in [-0.25, -0.2) is 9.97 Å². The molecule has 0 unspecified atom stereocenters. The number of pyridine rings is 1. The summed E-state index contributed by atoms with van der Waals surface area (Å²) in [5.41, 5.74) is 12.2. The van der Waals surface area contributed by atoms with Gasteiger partial charge >= 0.3 is 0 Å². The molecule has 5 nitrogen and oxygen atoms in total. The predicted molar refractivity (Wildman–Crippen MR) is 202 cm³/mol. The van der Waals surface area contributed by atoms with Crippen molar-refractivity contribution in [2.75, 3.05) is 0 Å². The van der Waals surface area contributed by atoms with Crippen LogP contribution >= 0.6 is 0 Å². The largest absolute Gasteiger partial charge is 0.456 e. The Morgan fingerprint density at radius 3 is 1.92 bits per heavy atom.